The molecule has 132 valence electrons. The van der Waals surface area contributed by atoms with Crippen molar-refractivity contribution < 1.29 is 19.1 Å². The first-order chi connectivity index (χ1) is 12.6. The number of fused-ring (bicyclic) bond motifs is 3. The minimum absolute atomic E-state index is 0.0914. The Hall–Kier alpha value is -2.88. The van der Waals surface area contributed by atoms with Gasteiger partial charge in [-0.15, -0.1) is 0 Å². The van der Waals surface area contributed by atoms with Gasteiger partial charge < -0.3 is 9.47 Å². The first-order valence-corrected chi connectivity index (χ1v) is 8.84. The Kier molecular flexibility index (Phi) is 3.91. The molecular weight excluding hydrogens is 328 g/mol. The summed E-state index contributed by atoms with van der Waals surface area (Å²) in [5, 5.41) is 0. The lowest BCUT2D eigenvalue weighted by Crippen LogP contribution is -2.53. The number of allylic oxidation sites excluding steroid dienone is 1. The first-order valence-electron chi connectivity index (χ1n) is 8.84. The van der Waals surface area contributed by atoms with Gasteiger partial charge in [-0.3, -0.25) is 9.59 Å². The molecule has 2 aromatic rings. The molecule has 0 amide bonds. The van der Waals surface area contributed by atoms with E-state index in [2.05, 4.69) is 0 Å². The summed E-state index contributed by atoms with van der Waals surface area (Å²) >= 11 is 0. The van der Waals surface area contributed by atoms with Gasteiger partial charge in [0.15, 0.2) is 11.2 Å². The highest BCUT2D eigenvalue weighted by atomic mass is 16.5. The third-order valence-corrected chi connectivity index (χ3v) is 5.27. The Labute approximate surface area is 152 Å². The molecule has 1 aliphatic heterocycles. The van der Waals surface area contributed by atoms with Crippen molar-refractivity contribution in [1.29, 1.82) is 0 Å². The van der Waals surface area contributed by atoms with E-state index < -0.39 is 11.4 Å². The summed E-state index contributed by atoms with van der Waals surface area (Å²) in [7, 11) is 1.59. The molecule has 0 saturated carbocycles. The molecule has 0 spiro atoms. The average molecular weight is 348 g/mol. The second kappa shape index (κ2) is 6.13. The molecule has 4 heteroatoms. The van der Waals surface area contributed by atoms with Gasteiger partial charge in [0.05, 0.1) is 7.11 Å². The molecule has 4 rings (SSSR count). The Bertz CT molecular complexity index is 913. The number of rotatable bonds is 5. The molecule has 0 saturated heterocycles. The number of Topliss-reactive ketones (excluding diaryl/α,β-unsaturated/α-hetero) is 1. The number of carbonyl (C=O) groups excluding carboxylic acids is 2. The lowest BCUT2D eigenvalue weighted by molar-refractivity contribution is -0.152. The third kappa shape index (κ3) is 2.15. The number of benzene rings is 2. The van der Waals surface area contributed by atoms with E-state index in [1.165, 1.54) is 0 Å². The fraction of sp³-hybridized carbons (Fsp3) is 0.273. The quantitative estimate of drug-likeness (QED) is 0.463. The monoisotopic (exact) mass is 348 g/mol. The zero-order valence-electron chi connectivity index (χ0n) is 14.8. The standard InChI is InChI=1S/C22H20O4/c1-3-8-18(23)22-13-15(14-9-5-4-6-10-14)20(22)19-16(25-2)11-7-12-17(19)26-21(22)24/h4-7,9-13,20H,3,8H2,1-2H3/t20-,22+/m1/s1. The molecule has 4 nitrogen and oxygen atoms in total. The molecule has 1 heterocycles. The molecule has 0 unspecified atom stereocenters. The summed E-state index contributed by atoms with van der Waals surface area (Å²) in [5.74, 6) is 0.153. The summed E-state index contributed by atoms with van der Waals surface area (Å²) < 4.78 is 11.1. The van der Waals surface area contributed by atoms with E-state index in [0.29, 0.717) is 24.3 Å². The number of hydrogen-bond acceptors (Lipinski definition) is 4. The molecule has 26 heavy (non-hydrogen) atoms. The van der Waals surface area contributed by atoms with Crippen LogP contribution in [0.3, 0.4) is 0 Å². The number of ketones is 1. The van der Waals surface area contributed by atoms with Crippen LogP contribution in [0, 0.1) is 5.41 Å². The molecule has 1 aliphatic carbocycles. The molecule has 2 aromatic carbocycles. The predicted molar refractivity (Wildman–Crippen MR) is 98.1 cm³/mol. The van der Waals surface area contributed by atoms with Crippen LogP contribution < -0.4 is 9.47 Å². The van der Waals surface area contributed by atoms with Gasteiger partial charge in [0.1, 0.15) is 11.5 Å². The van der Waals surface area contributed by atoms with Gasteiger partial charge in [0.2, 0.25) is 0 Å². The van der Waals surface area contributed by atoms with Crippen molar-refractivity contribution >= 4 is 17.3 Å². The molecule has 2 aliphatic rings. The topological polar surface area (TPSA) is 52.6 Å². The average Bonchev–Trinajstić information content (AvgIpc) is 2.63. The van der Waals surface area contributed by atoms with Crippen LogP contribution in [-0.2, 0) is 9.59 Å². The van der Waals surface area contributed by atoms with Crippen LogP contribution in [-0.4, -0.2) is 18.9 Å². The number of ether oxygens (including phenoxy) is 2. The molecule has 0 fully saturated rings. The van der Waals surface area contributed by atoms with E-state index in [1.54, 1.807) is 25.3 Å². The van der Waals surface area contributed by atoms with E-state index >= 15 is 0 Å². The van der Waals surface area contributed by atoms with Crippen molar-refractivity contribution in [2.24, 2.45) is 5.41 Å². The van der Waals surface area contributed by atoms with E-state index in [-0.39, 0.29) is 11.7 Å². The molecule has 0 N–H and O–H groups in total. The van der Waals surface area contributed by atoms with Gasteiger partial charge in [-0.1, -0.05) is 49.4 Å². The van der Waals surface area contributed by atoms with Crippen molar-refractivity contribution in [3.8, 4) is 11.5 Å². The number of hydrogen-bond donors (Lipinski definition) is 0. The number of esters is 1. The Morgan fingerprint density at radius 3 is 2.62 bits per heavy atom. The lowest BCUT2D eigenvalue weighted by Gasteiger charge is -2.48. The van der Waals surface area contributed by atoms with E-state index in [4.69, 9.17) is 9.47 Å². The zero-order valence-corrected chi connectivity index (χ0v) is 14.8. The van der Waals surface area contributed by atoms with Gasteiger partial charge in [-0.25, -0.2) is 0 Å². The zero-order chi connectivity index (χ0) is 18.3. The molecule has 0 bridgehead atoms. The fourth-order valence-corrected chi connectivity index (χ4v) is 4.05. The van der Waals surface area contributed by atoms with Crippen molar-refractivity contribution in [1.82, 2.24) is 0 Å². The number of methoxy groups -OCH3 is 1. The van der Waals surface area contributed by atoms with E-state index in [9.17, 15) is 9.59 Å². The summed E-state index contributed by atoms with van der Waals surface area (Å²) in [4.78, 5) is 25.9. The lowest BCUT2D eigenvalue weighted by atomic mass is 9.54. The van der Waals surface area contributed by atoms with Gasteiger partial charge in [-0.2, -0.15) is 0 Å². The Balaban J connectivity index is 1.95. The van der Waals surface area contributed by atoms with Crippen molar-refractivity contribution in [3.63, 3.8) is 0 Å². The highest BCUT2D eigenvalue weighted by molar-refractivity contribution is 6.16. The minimum Gasteiger partial charge on any atom is -0.496 e. The van der Waals surface area contributed by atoms with Crippen LogP contribution in [0.1, 0.15) is 36.8 Å². The van der Waals surface area contributed by atoms with Crippen molar-refractivity contribution in [2.75, 3.05) is 7.11 Å². The van der Waals surface area contributed by atoms with Gasteiger partial charge in [0.25, 0.3) is 0 Å². The largest absolute Gasteiger partial charge is 0.496 e. The third-order valence-electron chi connectivity index (χ3n) is 5.27. The second-order valence-corrected chi connectivity index (χ2v) is 6.70. The normalized spacial score (nSPS) is 23.1. The number of carbonyl (C=O) groups is 2. The van der Waals surface area contributed by atoms with Crippen molar-refractivity contribution in [3.05, 3.63) is 65.7 Å². The SMILES string of the molecule is CCCC(=O)[C@@]12C=C(c3ccccc3)[C@@H]1c1c(OC)cccc1OC2=O. The summed E-state index contributed by atoms with van der Waals surface area (Å²) in [6, 6.07) is 15.2. The Morgan fingerprint density at radius 1 is 1.15 bits per heavy atom. The molecular formula is C22H20O4. The van der Waals surface area contributed by atoms with Crippen LogP contribution in [0.25, 0.3) is 5.57 Å². The fourth-order valence-electron chi connectivity index (χ4n) is 4.05. The maximum atomic E-state index is 13.0. The summed E-state index contributed by atoms with van der Waals surface area (Å²) in [5.41, 5.74) is 1.50. The predicted octanol–water partition coefficient (Wildman–Crippen LogP) is 4.15. The summed E-state index contributed by atoms with van der Waals surface area (Å²) in [6.07, 6.45) is 2.82. The van der Waals surface area contributed by atoms with Gasteiger partial charge >= 0.3 is 5.97 Å². The highest BCUT2D eigenvalue weighted by Crippen LogP contribution is 2.63. The Morgan fingerprint density at radius 2 is 1.92 bits per heavy atom. The van der Waals surface area contributed by atoms with Crippen molar-refractivity contribution in [2.45, 2.75) is 25.7 Å². The first kappa shape index (κ1) is 16.6. The minimum atomic E-state index is -1.25. The van der Waals surface area contributed by atoms with Gasteiger partial charge in [0, 0.05) is 17.9 Å². The maximum absolute atomic E-state index is 13.0. The van der Waals surface area contributed by atoms with E-state index in [1.807, 2.05) is 43.3 Å². The van der Waals surface area contributed by atoms with Crippen LogP contribution in [0.2, 0.25) is 0 Å². The molecule has 2 atom stereocenters. The van der Waals surface area contributed by atoms with Crippen LogP contribution >= 0.6 is 0 Å². The van der Waals surface area contributed by atoms with Crippen LogP contribution in [0.4, 0.5) is 0 Å². The summed E-state index contributed by atoms with van der Waals surface area (Å²) in [6.45, 7) is 1.94. The second-order valence-electron chi connectivity index (χ2n) is 6.70. The smallest absolute Gasteiger partial charge is 0.329 e. The molecule has 0 aromatic heterocycles. The van der Waals surface area contributed by atoms with Crippen LogP contribution in [0.5, 0.6) is 11.5 Å². The van der Waals surface area contributed by atoms with Gasteiger partial charge in [-0.05, 0) is 29.7 Å². The van der Waals surface area contributed by atoms with E-state index in [0.717, 1.165) is 16.7 Å². The maximum Gasteiger partial charge on any atom is 0.329 e. The molecule has 0 radical (unpaired) electrons. The highest BCUT2D eigenvalue weighted by Gasteiger charge is 2.62. The van der Waals surface area contributed by atoms with Crippen LogP contribution in [0.15, 0.2) is 54.6 Å².